The van der Waals surface area contributed by atoms with E-state index >= 15 is 0 Å². The third-order valence-corrected chi connectivity index (χ3v) is 2.81. The minimum Gasteiger partial charge on any atom is -0.337 e. The molecule has 2 rings (SSSR count). The number of aryl methyl sites for hydroxylation is 1. The molecule has 0 atom stereocenters. The summed E-state index contributed by atoms with van der Waals surface area (Å²) in [7, 11) is 0. The van der Waals surface area contributed by atoms with Crippen molar-refractivity contribution >= 4 is 0 Å². The van der Waals surface area contributed by atoms with E-state index in [4.69, 9.17) is 0 Å². The lowest BCUT2D eigenvalue weighted by atomic mass is 10.1. The fourth-order valence-corrected chi connectivity index (χ4v) is 2.04. The predicted molar refractivity (Wildman–Crippen MR) is 65.0 cm³/mol. The monoisotopic (exact) mass is 210 g/mol. The first-order chi connectivity index (χ1) is 7.77. The van der Waals surface area contributed by atoms with Crippen LogP contribution in [0.1, 0.15) is 18.3 Å². The lowest BCUT2D eigenvalue weighted by Gasteiger charge is -2.03. The summed E-state index contributed by atoms with van der Waals surface area (Å²) in [6.45, 7) is 4.93. The lowest BCUT2D eigenvalue weighted by molar-refractivity contribution is 0.733. The first kappa shape index (κ1) is 10.5. The standard InChI is InChI=1S/C14H14N2/c1-3-16-11(2)9-13(14(16)10-15)12-7-5-4-6-8-12/h4-9H,3H2,1-2H3. The summed E-state index contributed by atoms with van der Waals surface area (Å²) in [5.41, 5.74) is 4.03. The van der Waals surface area contributed by atoms with Crippen molar-refractivity contribution in [3.05, 3.63) is 47.8 Å². The molecule has 0 saturated carbocycles. The van der Waals surface area contributed by atoms with Gasteiger partial charge in [0.25, 0.3) is 0 Å². The highest BCUT2D eigenvalue weighted by atomic mass is 15.0. The van der Waals surface area contributed by atoms with E-state index in [0.29, 0.717) is 0 Å². The number of benzene rings is 1. The molecule has 1 aromatic carbocycles. The number of rotatable bonds is 2. The van der Waals surface area contributed by atoms with Crippen LogP contribution < -0.4 is 0 Å². The van der Waals surface area contributed by atoms with Crippen LogP contribution in [0.4, 0.5) is 0 Å². The quantitative estimate of drug-likeness (QED) is 0.747. The Morgan fingerprint density at radius 1 is 1.25 bits per heavy atom. The highest BCUT2D eigenvalue weighted by molar-refractivity contribution is 5.70. The molecule has 2 heteroatoms. The summed E-state index contributed by atoms with van der Waals surface area (Å²) in [6.07, 6.45) is 0. The molecule has 1 heterocycles. The SMILES string of the molecule is CCn1c(C)cc(-c2ccccc2)c1C#N. The summed E-state index contributed by atoms with van der Waals surface area (Å²) in [4.78, 5) is 0. The van der Waals surface area contributed by atoms with Crippen LogP contribution in [0.5, 0.6) is 0 Å². The van der Waals surface area contributed by atoms with Crippen LogP contribution in [0.2, 0.25) is 0 Å². The number of hydrogen-bond acceptors (Lipinski definition) is 1. The molecule has 0 amide bonds. The fourth-order valence-electron chi connectivity index (χ4n) is 2.04. The average Bonchev–Trinajstić information content (AvgIpc) is 2.66. The Bertz CT molecular complexity index is 530. The van der Waals surface area contributed by atoms with Crippen LogP contribution in [-0.4, -0.2) is 4.57 Å². The molecule has 0 spiro atoms. The highest BCUT2D eigenvalue weighted by Crippen LogP contribution is 2.26. The van der Waals surface area contributed by atoms with E-state index in [9.17, 15) is 5.26 Å². The van der Waals surface area contributed by atoms with Crippen molar-refractivity contribution in [3.63, 3.8) is 0 Å². The first-order valence-electron chi connectivity index (χ1n) is 5.43. The molecule has 0 bridgehead atoms. The van der Waals surface area contributed by atoms with Crippen LogP contribution in [-0.2, 0) is 6.54 Å². The van der Waals surface area contributed by atoms with E-state index in [0.717, 1.165) is 29.1 Å². The minimum absolute atomic E-state index is 0.756. The zero-order chi connectivity index (χ0) is 11.5. The van der Waals surface area contributed by atoms with Gasteiger partial charge in [-0.2, -0.15) is 5.26 Å². The van der Waals surface area contributed by atoms with Crippen LogP contribution >= 0.6 is 0 Å². The Hall–Kier alpha value is -2.01. The first-order valence-corrected chi connectivity index (χ1v) is 5.43. The van der Waals surface area contributed by atoms with Crippen molar-refractivity contribution in [1.82, 2.24) is 4.57 Å². The maximum atomic E-state index is 9.23. The molecule has 0 aliphatic rings. The molecule has 80 valence electrons. The summed E-state index contributed by atoms with van der Waals surface area (Å²) in [6, 6.07) is 14.4. The highest BCUT2D eigenvalue weighted by Gasteiger charge is 2.12. The summed E-state index contributed by atoms with van der Waals surface area (Å²) in [5, 5.41) is 9.23. The minimum atomic E-state index is 0.756. The van der Waals surface area contributed by atoms with Crippen LogP contribution in [0.3, 0.4) is 0 Å². The van der Waals surface area contributed by atoms with E-state index in [1.807, 2.05) is 41.8 Å². The molecule has 0 aliphatic heterocycles. The molecule has 2 aromatic rings. The van der Waals surface area contributed by atoms with Gasteiger partial charge in [-0.15, -0.1) is 0 Å². The van der Waals surface area contributed by atoms with Gasteiger partial charge in [0, 0.05) is 17.8 Å². The van der Waals surface area contributed by atoms with Crippen LogP contribution in [0.15, 0.2) is 36.4 Å². The molecule has 16 heavy (non-hydrogen) atoms. The smallest absolute Gasteiger partial charge is 0.128 e. The molecule has 0 radical (unpaired) electrons. The van der Waals surface area contributed by atoms with Gasteiger partial charge in [0.2, 0.25) is 0 Å². The summed E-state index contributed by atoms with van der Waals surface area (Å²) in [5.74, 6) is 0. The molecular formula is C14H14N2. The van der Waals surface area contributed by atoms with Gasteiger partial charge in [0.1, 0.15) is 11.8 Å². The zero-order valence-electron chi connectivity index (χ0n) is 9.57. The third-order valence-electron chi connectivity index (χ3n) is 2.81. The van der Waals surface area contributed by atoms with E-state index < -0.39 is 0 Å². The van der Waals surface area contributed by atoms with Gasteiger partial charge in [-0.25, -0.2) is 0 Å². The Balaban J connectivity index is 2.63. The van der Waals surface area contributed by atoms with Crippen LogP contribution in [0, 0.1) is 18.3 Å². The number of nitrogens with zero attached hydrogens (tertiary/aromatic N) is 2. The van der Waals surface area contributed by atoms with Gasteiger partial charge < -0.3 is 4.57 Å². The molecule has 0 unspecified atom stereocenters. The molecule has 0 aliphatic carbocycles. The van der Waals surface area contributed by atoms with Gasteiger partial charge >= 0.3 is 0 Å². The van der Waals surface area contributed by atoms with Gasteiger partial charge in [0.05, 0.1) is 0 Å². The second-order valence-electron chi connectivity index (χ2n) is 3.77. The summed E-state index contributed by atoms with van der Waals surface area (Å²) < 4.78 is 2.04. The fraction of sp³-hybridized carbons (Fsp3) is 0.214. The van der Waals surface area contributed by atoms with Crippen molar-refractivity contribution in [2.75, 3.05) is 0 Å². The van der Waals surface area contributed by atoms with Crippen molar-refractivity contribution in [3.8, 4) is 17.2 Å². The van der Waals surface area contributed by atoms with Crippen molar-refractivity contribution in [1.29, 1.82) is 5.26 Å². The van der Waals surface area contributed by atoms with Gasteiger partial charge in [0.15, 0.2) is 0 Å². The molecule has 1 aromatic heterocycles. The Morgan fingerprint density at radius 2 is 1.94 bits per heavy atom. The number of hydrogen-bond donors (Lipinski definition) is 0. The van der Waals surface area contributed by atoms with E-state index in [1.54, 1.807) is 0 Å². The van der Waals surface area contributed by atoms with Gasteiger partial charge in [-0.05, 0) is 25.5 Å². The molecule has 2 nitrogen and oxygen atoms in total. The lowest BCUT2D eigenvalue weighted by Crippen LogP contribution is -1.99. The molecular weight excluding hydrogens is 196 g/mol. The van der Waals surface area contributed by atoms with Crippen LogP contribution in [0.25, 0.3) is 11.1 Å². The largest absolute Gasteiger partial charge is 0.337 e. The van der Waals surface area contributed by atoms with Crippen molar-refractivity contribution in [2.45, 2.75) is 20.4 Å². The summed E-state index contributed by atoms with van der Waals surface area (Å²) >= 11 is 0. The van der Waals surface area contributed by atoms with Crippen molar-refractivity contribution < 1.29 is 0 Å². The molecule has 0 fully saturated rings. The van der Waals surface area contributed by atoms with E-state index in [1.165, 1.54) is 0 Å². The van der Waals surface area contributed by atoms with E-state index in [2.05, 4.69) is 19.1 Å². The maximum Gasteiger partial charge on any atom is 0.128 e. The number of nitriles is 1. The molecule has 0 saturated heterocycles. The average molecular weight is 210 g/mol. The normalized spacial score (nSPS) is 10.1. The van der Waals surface area contributed by atoms with Crippen molar-refractivity contribution in [2.24, 2.45) is 0 Å². The Kier molecular flexibility index (Phi) is 2.78. The van der Waals surface area contributed by atoms with Gasteiger partial charge in [-0.1, -0.05) is 30.3 Å². The van der Waals surface area contributed by atoms with Gasteiger partial charge in [-0.3, -0.25) is 0 Å². The predicted octanol–water partition coefficient (Wildman–Crippen LogP) is 3.36. The van der Waals surface area contributed by atoms with E-state index in [-0.39, 0.29) is 0 Å². The zero-order valence-corrected chi connectivity index (χ0v) is 9.57. The number of aromatic nitrogens is 1. The molecule has 0 N–H and O–H groups in total. The Labute approximate surface area is 95.8 Å². The second-order valence-corrected chi connectivity index (χ2v) is 3.77. The third kappa shape index (κ3) is 1.61. The second kappa shape index (κ2) is 4.24. The topological polar surface area (TPSA) is 28.7 Å². The maximum absolute atomic E-state index is 9.23. The Morgan fingerprint density at radius 3 is 2.50 bits per heavy atom.